The summed E-state index contributed by atoms with van der Waals surface area (Å²) in [5.41, 5.74) is 11.0. The third kappa shape index (κ3) is 21.1. The minimum Gasteiger partial charge on any atom is -0.391 e. The Morgan fingerprint density at radius 2 is 1.18 bits per heavy atom. The number of aliphatic hydroxyl groups is 1. The van der Waals surface area contributed by atoms with E-state index in [2.05, 4.69) is 47.5 Å². The van der Waals surface area contributed by atoms with Gasteiger partial charge in [0.25, 0.3) is 0 Å². The quantitative estimate of drug-likeness (QED) is 0.0214. The zero-order valence-electron chi connectivity index (χ0n) is 45.4. The number of guanidine groups is 1. The first-order chi connectivity index (χ1) is 34.3. The molecule has 10 amide bonds. The Morgan fingerprint density at radius 3 is 1.68 bits per heavy atom. The molecule has 24 nitrogen and oxygen atoms in total. The second-order valence-electron chi connectivity index (χ2n) is 19.4. The number of nitrogens with zero attached hydrogens (tertiary/aromatic N) is 3. The summed E-state index contributed by atoms with van der Waals surface area (Å²) in [7, 11) is 1.49. The van der Waals surface area contributed by atoms with Crippen molar-refractivity contribution in [2.45, 2.75) is 195 Å². The number of aliphatic hydroxyl groups excluding tert-OH is 1. The highest BCUT2D eigenvalue weighted by Gasteiger charge is 2.40. The fourth-order valence-corrected chi connectivity index (χ4v) is 8.22. The van der Waals surface area contributed by atoms with Crippen molar-refractivity contribution < 1.29 is 53.1 Å². The zero-order chi connectivity index (χ0) is 55.7. The molecule has 0 aromatic rings. The molecule has 1 aliphatic rings. The van der Waals surface area contributed by atoms with Crippen LogP contribution in [0.1, 0.15) is 140 Å². The molecule has 1 heterocycles. The number of amides is 10. The van der Waals surface area contributed by atoms with Gasteiger partial charge in [0, 0.05) is 33.6 Å². The van der Waals surface area contributed by atoms with Crippen molar-refractivity contribution in [2.75, 3.05) is 33.2 Å². The molecule has 416 valence electrons. The van der Waals surface area contributed by atoms with Crippen LogP contribution in [0.25, 0.3) is 0 Å². The van der Waals surface area contributed by atoms with Gasteiger partial charge in [0.2, 0.25) is 59.1 Å². The average Bonchev–Trinajstić information content (AvgIpc) is 3.84. The third-order valence-corrected chi connectivity index (χ3v) is 13.1. The maximum atomic E-state index is 14.2. The monoisotopic (exact) mass is 1040 g/mol. The molecule has 1 rings (SSSR count). The third-order valence-electron chi connectivity index (χ3n) is 13.1. The molecular weight excluding hydrogens is 947 g/mol. The molecule has 0 aromatic carbocycles. The number of nitrogens with two attached hydrogens (primary N) is 2. The lowest BCUT2D eigenvalue weighted by atomic mass is 9.95. The number of rotatable bonds is 32. The van der Waals surface area contributed by atoms with Crippen molar-refractivity contribution in [3.63, 3.8) is 0 Å². The van der Waals surface area contributed by atoms with Crippen LogP contribution >= 0.6 is 0 Å². The number of carbonyl (C=O) groups excluding carboxylic acids is 10. The summed E-state index contributed by atoms with van der Waals surface area (Å²) in [6.45, 7) is 18.7. The predicted octanol–water partition coefficient (Wildman–Crippen LogP) is -1.23. The average molecular weight is 1040 g/mol. The van der Waals surface area contributed by atoms with E-state index in [4.69, 9.17) is 11.5 Å². The van der Waals surface area contributed by atoms with Crippen molar-refractivity contribution in [1.29, 1.82) is 0 Å². The second-order valence-corrected chi connectivity index (χ2v) is 19.4. The highest BCUT2D eigenvalue weighted by Crippen LogP contribution is 2.21. The Kier molecular flexibility index (Phi) is 29.3. The molecule has 0 spiro atoms. The molecule has 0 saturated carbocycles. The van der Waals surface area contributed by atoms with E-state index in [-0.39, 0.29) is 37.2 Å². The van der Waals surface area contributed by atoms with E-state index in [0.29, 0.717) is 64.5 Å². The lowest BCUT2D eigenvalue weighted by Crippen LogP contribution is -2.63. The van der Waals surface area contributed by atoms with Crippen molar-refractivity contribution in [3.05, 3.63) is 0 Å². The molecule has 0 bridgehead atoms. The number of carbonyl (C=O) groups is 10. The second kappa shape index (κ2) is 32.9. The normalized spacial score (nSPS) is 17.3. The van der Waals surface area contributed by atoms with Gasteiger partial charge in [0.05, 0.1) is 12.6 Å². The van der Waals surface area contributed by atoms with Crippen molar-refractivity contribution in [1.82, 2.24) is 52.3 Å². The minimum absolute atomic E-state index is 0.0846. The van der Waals surface area contributed by atoms with Crippen LogP contribution in [0.5, 0.6) is 0 Å². The van der Waals surface area contributed by atoms with Crippen LogP contribution in [-0.2, 0) is 47.9 Å². The van der Waals surface area contributed by atoms with E-state index in [9.17, 15) is 53.1 Å². The first-order valence-electron chi connectivity index (χ1n) is 26.0. The molecular formula is C49H89N13O11. The molecule has 0 radical (unpaired) electrons. The summed E-state index contributed by atoms with van der Waals surface area (Å²) < 4.78 is 0. The molecule has 0 unspecified atom stereocenters. The van der Waals surface area contributed by atoms with Gasteiger partial charge in [-0.3, -0.25) is 52.9 Å². The van der Waals surface area contributed by atoms with E-state index < -0.39 is 126 Å². The predicted molar refractivity (Wildman–Crippen MR) is 275 cm³/mol. The smallest absolute Gasteiger partial charge is 0.245 e. The van der Waals surface area contributed by atoms with E-state index in [1.54, 1.807) is 48.5 Å². The SMILES string of the molecule is CCC[C@H](NC(=O)[C@@H](NC(=O)[C@H](NC(=O)[C@@H](NC(=O)CNC(=O)[C@H](CCC)N(C)C(C)=O)C(C)C)[C@@H](C)CC)[C@@H](C)O)C(=O)N[C@H](C(=O)N[C@@H](CCCN=C(N)N)C(=O)N1CCC[C@H]1C(=O)NCC)[C@@H](C)CC. The van der Waals surface area contributed by atoms with E-state index >= 15 is 0 Å². The first-order valence-corrected chi connectivity index (χ1v) is 26.0. The van der Waals surface area contributed by atoms with Gasteiger partial charge < -0.3 is 68.9 Å². The first kappa shape index (κ1) is 64.9. The fourth-order valence-electron chi connectivity index (χ4n) is 8.22. The van der Waals surface area contributed by atoms with Crippen LogP contribution in [0.3, 0.4) is 0 Å². The summed E-state index contributed by atoms with van der Waals surface area (Å²) in [5, 5.41) is 32.2. The topological polar surface area (TPSA) is 358 Å². The van der Waals surface area contributed by atoms with E-state index in [0.717, 1.165) is 0 Å². The van der Waals surface area contributed by atoms with Gasteiger partial charge in [-0.05, 0) is 70.1 Å². The van der Waals surface area contributed by atoms with Gasteiger partial charge in [0.15, 0.2) is 5.96 Å². The minimum atomic E-state index is -1.63. The van der Waals surface area contributed by atoms with Gasteiger partial charge in [0.1, 0.15) is 48.3 Å². The molecule has 73 heavy (non-hydrogen) atoms. The molecule has 0 aliphatic carbocycles. The highest BCUT2D eigenvalue weighted by atomic mass is 16.3. The largest absolute Gasteiger partial charge is 0.391 e. The molecule has 1 fully saturated rings. The standard InChI is InChI=1S/C49H89N13O11/c1-13-20-32(41(66)58-38(28(8)15-3)45(70)56-33(22-18-24-53-49(50)51)48(73)62-25-19-23-35(62)43(68)52-17-5)55-47(72)40(30(10)63)60-46(71)39(29(9)16-4)59-44(69)37(27(6)7)57-36(65)26-54-42(67)34(21-14-2)61(12)31(11)64/h27-30,32-35,37-40,63H,13-26H2,1-12H3,(H,52,68)(H,54,67)(H,55,72)(H,56,70)(H,57,65)(H,58,66)(H,59,69)(H,60,71)(H4,50,51,53)/t28-,29-,30+,32-,33-,34-,35-,37-,38-,39+,40-/m0/s1. The van der Waals surface area contributed by atoms with Crippen LogP contribution in [0.15, 0.2) is 4.99 Å². The van der Waals surface area contributed by atoms with Gasteiger partial charge in [-0.1, -0.05) is 81.1 Å². The van der Waals surface area contributed by atoms with Crippen LogP contribution < -0.4 is 54.0 Å². The Balaban J connectivity index is 3.32. The van der Waals surface area contributed by atoms with Crippen LogP contribution in [0.4, 0.5) is 0 Å². The Morgan fingerprint density at radius 1 is 0.658 bits per heavy atom. The maximum absolute atomic E-state index is 14.2. The number of hydrogen-bond donors (Lipinski definition) is 11. The summed E-state index contributed by atoms with van der Waals surface area (Å²) in [4.78, 5) is 142. The van der Waals surface area contributed by atoms with E-state index in [1.165, 1.54) is 30.7 Å². The highest BCUT2D eigenvalue weighted by molar-refractivity contribution is 5.98. The Labute approximate surface area is 431 Å². The van der Waals surface area contributed by atoms with Gasteiger partial charge in [-0.25, -0.2) is 0 Å². The van der Waals surface area contributed by atoms with E-state index in [1.807, 2.05) is 13.8 Å². The van der Waals surface area contributed by atoms with Crippen molar-refractivity contribution in [2.24, 2.45) is 34.2 Å². The number of nitrogens with one attached hydrogen (secondary N) is 8. The van der Waals surface area contributed by atoms with Gasteiger partial charge in [-0.15, -0.1) is 0 Å². The lowest BCUT2D eigenvalue weighted by Gasteiger charge is -2.32. The number of likely N-dealkylation sites (N-methyl/N-ethyl adjacent to an activating group) is 2. The lowest BCUT2D eigenvalue weighted by molar-refractivity contribution is -0.142. The molecule has 0 aromatic heterocycles. The van der Waals surface area contributed by atoms with Gasteiger partial charge >= 0.3 is 0 Å². The number of hydrogen-bond acceptors (Lipinski definition) is 12. The van der Waals surface area contributed by atoms with Crippen molar-refractivity contribution >= 4 is 65.0 Å². The zero-order valence-corrected chi connectivity index (χ0v) is 45.4. The van der Waals surface area contributed by atoms with Gasteiger partial charge in [-0.2, -0.15) is 0 Å². The molecule has 11 atom stereocenters. The number of aliphatic imine (C=N–C) groups is 1. The summed E-state index contributed by atoms with van der Waals surface area (Å²) in [6.07, 6.45) is 2.19. The maximum Gasteiger partial charge on any atom is 0.245 e. The fraction of sp³-hybridized carbons (Fsp3) is 0.776. The molecule has 1 saturated heterocycles. The summed E-state index contributed by atoms with van der Waals surface area (Å²) in [6, 6.07) is -9.13. The number of likely N-dealkylation sites (tertiary alicyclic amines) is 1. The Hall–Kier alpha value is -6.07. The van der Waals surface area contributed by atoms with Crippen LogP contribution in [0.2, 0.25) is 0 Å². The molecule has 1 aliphatic heterocycles. The van der Waals surface area contributed by atoms with Crippen LogP contribution in [0, 0.1) is 17.8 Å². The van der Waals surface area contributed by atoms with Crippen LogP contribution in [-0.4, -0.2) is 168 Å². The van der Waals surface area contributed by atoms with Crippen molar-refractivity contribution in [3.8, 4) is 0 Å². The molecule has 13 N–H and O–H groups in total. The summed E-state index contributed by atoms with van der Waals surface area (Å²) in [5.74, 6) is -7.87. The summed E-state index contributed by atoms with van der Waals surface area (Å²) >= 11 is 0. The molecule has 24 heteroatoms. The Bertz CT molecular complexity index is 1900.